The molecule has 0 aromatic carbocycles. The molecular weight excluding hydrogens is 388 g/mol. The first-order valence-corrected chi connectivity index (χ1v) is 9.93. The first-order chi connectivity index (χ1) is 13.0. The number of carbonyl (C=O) groups is 1. The van der Waals surface area contributed by atoms with Crippen molar-refractivity contribution in [2.24, 2.45) is 12.0 Å². The van der Waals surface area contributed by atoms with Crippen molar-refractivity contribution in [2.75, 3.05) is 37.6 Å². The summed E-state index contributed by atoms with van der Waals surface area (Å²) in [5.74, 6) is 0.615. The smallest absolute Gasteiger partial charge is 0.246 e. The lowest BCUT2D eigenvalue weighted by Gasteiger charge is -2.35. The molecule has 3 rings (SSSR count). The van der Waals surface area contributed by atoms with E-state index in [9.17, 15) is 9.90 Å². The van der Waals surface area contributed by atoms with Crippen molar-refractivity contribution in [1.29, 1.82) is 0 Å². The maximum absolute atomic E-state index is 12.6. The summed E-state index contributed by atoms with van der Waals surface area (Å²) in [5.41, 5.74) is 0.800. The van der Waals surface area contributed by atoms with Crippen molar-refractivity contribution >= 4 is 40.5 Å². The first-order valence-electron chi connectivity index (χ1n) is 8.73. The molecule has 0 spiro atoms. The van der Waals surface area contributed by atoms with E-state index in [0.717, 1.165) is 10.6 Å². The minimum atomic E-state index is -0.719. The summed E-state index contributed by atoms with van der Waals surface area (Å²) in [7, 11) is 1.83. The SMILES string of the molecule is CCNC(=NCC(O)c1ccc(Cl)s1)N1CCN(c2cnn(C)c2)C(=O)C1. The number of nitrogens with zero attached hydrogens (tertiary/aromatic N) is 5. The quantitative estimate of drug-likeness (QED) is 0.576. The van der Waals surface area contributed by atoms with Gasteiger partial charge in [-0.05, 0) is 19.1 Å². The fourth-order valence-corrected chi connectivity index (χ4v) is 3.91. The van der Waals surface area contributed by atoms with Gasteiger partial charge in [-0.2, -0.15) is 5.10 Å². The molecule has 1 fully saturated rings. The zero-order valence-corrected chi connectivity index (χ0v) is 16.9. The molecule has 0 radical (unpaired) electrons. The number of rotatable bonds is 5. The van der Waals surface area contributed by atoms with E-state index in [0.29, 0.717) is 29.9 Å². The normalized spacial score (nSPS) is 16.7. The summed E-state index contributed by atoms with van der Waals surface area (Å²) >= 11 is 7.26. The van der Waals surface area contributed by atoms with Gasteiger partial charge in [0.1, 0.15) is 12.6 Å². The Hall–Kier alpha value is -2.10. The number of nitrogens with one attached hydrogen (secondary N) is 1. The molecule has 146 valence electrons. The molecule has 1 amide bonds. The topological polar surface area (TPSA) is 86.0 Å². The summed E-state index contributed by atoms with van der Waals surface area (Å²) in [6.45, 7) is 4.28. The van der Waals surface area contributed by atoms with Gasteiger partial charge in [-0.3, -0.25) is 14.5 Å². The van der Waals surface area contributed by atoms with Crippen LogP contribution in [-0.4, -0.2) is 64.4 Å². The number of guanidine groups is 1. The molecule has 0 bridgehead atoms. The van der Waals surface area contributed by atoms with E-state index in [-0.39, 0.29) is 19.0 Å². The molecule has 2 aromatic heterocycles. The Kier molecular flexibility index (Phi) is 6.35. The summed E-state index contributed by atoms with van der Waals surface area (Å²) in [4.78, 5) is 21.5. The number of aromatic nitrogens is 2. The predicted molar refractivity (Wildman–Crippen MR) is 107 cm³/mol. The van der Waals surface area contributed by atoms with Crippen LogP contribution in [0.5, 0.6) is 0 Å². The number of hydrogen-bond acceptors (Lipinski definition) is 5. The van der Waals surface area contributed by atoms with Gasteiger partial charge >= 0.3 is 0 Å². The molecule has 27 heavy (non-hydrogen) atoms. The number of aryl methyl sites for hydroxylation is 1. The number of hydrogen-bond donors (Lipinski definition) is 2. The predicted octanol–water partition coefficient (Wildman–Crippen LogP) is 1.48. The van der Waals surface area contributed by atoms with Crippen molar-refractivity contribution in [3.8, 4) is 0 Å². The van der Waals surface area contributed by atoms with Crippen LogP contribution in [0.3, 0.4) is 0 Å². The Balaban J connectivity index is 1.65. The Morgan fingerprint density at radius 3 is 2.89 bits per heavy atom. The van der Waals surface area contributed by atoms with Crippen molar-refractivity contribution in [1.82, 2.24) is 20.0 Å². The molecule has 1 aliphatic heterocycles. The van der Waals surface area contributed by atoms with E-state index in [4.69, 9.17) is 11.6 Å². The van der Waals surface area contributed by atoms with E-state index in [1.165, 1.54) is 11.3 Å². The standard InChI is InChI=1S/C17H23ClN6O2S/c1-3-19-17(20-9-13(25)14-4-5-15(18)27-14)23-6-7-24(16(26)11-23)12-8-21-22(2)10-12/h4-5,8,10,13,25H,3,6-7,9,11H2,1-2H3,(H,19,20). The summed E-state index contributed by atoms with van der Waals surface area (Å²) in [6, 6.07) is 3.56. The van der Waals surface area contributed by atoms with Crippen LogP contribution in [0, 0.1) is 0 Å². The average Bonchev–Trinajstić information content (AvgIpc) is 3.26. The summed E-state index contributed by atoms with van der Waals surface area (Å²) < 4.78 is 2.32. The first kappa shape index (κ1) is 19.7. The number of amides is 1. The largest absolute Gasteiger partial charge is 0.386 e. The highest BCUT2D eigenvalue weighted by atomic mass is 35.5. The van der Waals surface area contributed by atoms with Crippen LogP contribution in [0.1, 0.15) is 17.9 Å². The lowest BCUT2D eigenvalue weighted by atomic mass is 10.3. The van der Waals surface area contributed by atoms with Crippen LogP contribution >= 0.6 is 22.9 Å². The molecular formula is C17H23ClN6O2S. The van der Waals surface area contributed by atoms with Crippen LogP contribution in [0.15, 0.2) is 29.5 Å². The zero-order valence-electron chi connectivity index (χ0n) is 15.3. The Morgan fingerprint density at radius 2 is 2.30 bits per heavy atom. The molecule has 2 aromatic rings. The highest BCUT2D eigenvalue weighted by Crippen LogP contribution is 2.27. The average molecular weight is 411 g/mol. The number of piperazine rings is 1. The zero-order chi connectivity index (χ0) is 19.4. The van der Waals surface area contributed by atoms with E-state index < -0.39 is 6.10 Å². The van der Waals surface area contributed by atoms with Crippen LogP contribution in [0.2, 0.25) is 4.34 Å². The van der Waals surface area contributed by atoms with Gasteiger partial charge in [0, 0.05) is 37.8 Å². The van der Waals surface area contributed by atoms with Crippen LogP contribution < -0.4 is 10.2 Å². The third-order valence-electron chi connectivity index (χ3n) is 4.19. The van der Waals surface area contributed by atoms with Gasteiger partial charge in [0.25, 0.3) is 0 Å². The number of aliphatic hydroxyl groups is 1. The Morgan fingerprint density at radius 1 is 1.48 bits per heavy atom. The van der Waals surface area contributed by atoms with E-state index in [1.54, 1.807) is 27.9 Å². The molecule has 0 aliphatic carbocycles. The highest BCUT2D eigenvalue weighted by molar-refractivity contribution is 7.16. The van der Waals surface area contributed by atoms with Gasteiger partial charge in [-0.1, -0.05) is 11.6 Å². The second kappa shape index (κ2) is 8.73. The van der Waals surface area contributed by atoms with E-state index in [2.05, 4.69) is 15.4 Å². The molecule has 1 aliphatic rings. The molecule has 1 atom stereocenters. The third kappa shape index (κ3) is 4.79. The number of halogens is 1. The van der Waals surface area contributed by atoms with Gasteiger partial charge in [0.2, 0.25) is 5.91 Å². The number of thiophene rings is 1. The maximum atomic E-state index is 12.6. The Labute approximate surface area is 167 Å². The summed E-state index contributed by atoms with van der Waals surface area (Å²) in [5, 5.41) is 17.6. The van der Waals surface area contributed by atoms with Crippen LogP contribution in [-0.2, 0) is 11.8 Å². The Bertz CT molecular complexity index is 820. The van der Waals surface area contributed by atoms with Gasteiger partial charge < -0.3 is 20.2 Å². The minimum Gasteiger partial charge on any atom is -0.386 e. The monoisotopic (exact) mass is 410 g/mol. The van der Waals surface area contributed by atoms with Crippen molar-refractivity contribution in [3.05, 3.63) is 33.7 Å². The van der Waals surface area contributed by atoms with Gasteiger partial charge in [0.05, 0.1) is 22.8 Å². The lowest BCUT2D eigenvalue weighted by molar-refractivity contribution is -0.120. The fraction of sp³-hybridized carbons (Fsp3) is 0.471. The lowest BCUT2D eigenvalue weighted by Crippen LogP contribution is -2.55. The van der Waals surface area contributed by atoms with Gasteiger partial charge in [0.15, 0.2) is 5.96 Å². The van der Waals surface area contributed by atoms with Crippen molar-refractivity contribution < 1.29 is 9.90 Å². The number of aliphatic hydroxyl groups excluding tert-OH is 1. The van der Waals surface area contributed by atoms with Gasteiger partial charge in [-0.15, -0.1) is 11.3 Å². The highest BCUT2D eigenvalue weighted by Gasteiger charge is 2.27. The van der Waals surface area contributed by atoms with Crippen LogP contribution in [0.4, 0.5) is 5.69 Å². The molecule has 8 nitrogen and oxygen atoms in total. The number of carbonyl (C=O) groups excluding carboxylic acids is 1. The maximum Gasteiger partial charge on any atom is 0.246 e. The molecule has 3 heterocycles. The molecule has 0 saturated carbocycles. The molecule has 10 heteroatoms. The van der Waals surface area contributed by atoms with Crippen molar-refractivity contribution in [3.63, 3.8) is 0 Å². The second-order valence-electron chi connectivity index (χ2n) is 6.19. The number of anilines is 1. The number of aliphatic imine (C=N–C) groups is 1. The van der Waals surface area contributed by atoms with Crippen LogP contribution in [0.25, 0.3) is 0 Å². The van der Waals surface area contributed by atoms with Crippen molar-refractivity contribution in [2.45, 2.75) is 13.0 Å². The summed E-state index contributed by atoms with van der Waals surface area (Å²) in [6.07, 6.45) is 2.80. The van der Waals surface area contributed by atoms with E-state index >= 15 is 0 Å². The molecule has 1 saturated heterocycles. The molecule has 1 unspecified atom stereocenters. The third-order valence-corrected chi connectivity index (χ3v) is 5.53. The minimum absolute atomic E-state index is 0.00885. The molecule has 2 N–H and O–H groups in total. The fourth-order valence-electron chi connectivity index (χ4n) is 2.87. The second-order valence-corrected chi connectivity index (χ2v) is 7.94. The van der Waals surface area contributed by atoms with Gasteiger partial charge in [-0.25, -0.2) is 0 Å². The van der Waals surface area contributed by atoms with E-state index in [1.807, 2.05) is 25.1 Å².